The number of hydrogen-bond donors (Lipinski definition) is 0. The number of rotatable bonds is 7. The Hall–Kier alpha value is -4.20. The summed E-state index contributed by atoms with van der Waals surface area (Å²) in [7, 11) is 0. The molecular formula is C24H19NO7. The number of anilines is 1. The zero-order valence-electron chi connectivity index (χ0n) is 16.9. The van der Waals surface area contributed by atoms with Gasteiger partial charge in [-0.25, -0.2) is 4.79 Å². The monoisotopic (exact) mass is 433 g/mol. The number of esters is 2. The van der Waals surface area contributed by atoms with Crippen molar-refractivity contribution in [2.45, 2.75) is 6.42 Å². The summed E-state index contributed by atoms with van der Waals surface area (Å²) in [5.41, 5.74) is 1.01. The fraction of sp³-hybridized carbons (Fsp3) is 0.167. The molecule has 4 rings (SSSR count). The normalized spacial score (nSPS) is 15.4. The molecule has 2 heterocycles. The van der Waals surface area contributed by atoms with E-state index in [2.05, 4.69) is 0 Å². The van der Waals surface area contributed by atoms with E-state index in [1.54, 1.807) is 18.2 Å². The number of furan rings is 1. The van der Waals surface area contributed by atoms with Crippen LogP contribution >= 0.6 is 0 Å². The highest BCUT2D eigenvalue weighted by Crippen LogP contribution is 2.25. The lowest BCUT2D eigenvalue weighted by Crippen LogP contribution is -2.27. The van der Waals surface area contributed by atoms with Gasteiger partial charge in [-0.1, -0.05) is 18.2 Å². The number of carbonyl (C=O) groups excluding carboxylic acids is 4. The van der Waals surface area contributed by atoms with Crippen LogP contribution in [0.3, 0.4) is 0 Å². The van der Waals surface area contributed by atoms with E-state index in [0.29, 0.717) is 5.56 Å². The van der Waals surface area contributed by atoms with Crippen LogP contribution in [0.15, 0.2) is 77.4 Å². The number of amides is 1. The van der Waals surface area contributed by atoms with Crippen molar-refractivity contribution in [2.24, 2.45) is 5.92 Å². The summed E-state index contributed by atoms with van der Waals surface area (Å²) in [5.74, 6) is -2.14. The van der Waals surface area contributed by atoms with Crippen molar-refractivity contribution in [3.05, 3.63) is 84.3 Å². The van der Waals surface area contributed by atoms with E-state index in [0.717, 1.165) is 5.69 Å². The predicted molar refractivity (Wildman–Crippen MR) is 112 cm³/mol. The highest BCUT2D eigenvalue weighted by molar-refractivity contribution is 6.01. The van der Waals surface area contributed by atoms with E-state index in [9.17, 15) is 19.2 Å². The van der Waals surface area contributed by atoms with E-state index < -0.39 is 30.2 Å². The number of nitrogens with zero attached hydrogens (tertiary/aromatic N) is 1. The van der Waals surface area contributed by atoms with Crippen LogP contribution in [0, 0.1) is 5.92 Å². The molecule has 8 nitrogen and oxygen atoms in total. The zero-order valence-corrected chi connectivity index (χ0v) is 16.9. The molecule has 0 spiro atoms. The lowest BCUT2D eigenvalue weighted by molar-refractivity contribution is -0.147. The minimum Gasteiger partial charge on any atom is -0.457 e. The maximum absolute atomic E-state index is 12.4. The molecule has 0 radical (unpaired) electrons. The summed E-state index contributed by atoms with van der Waals surface area (Å²) in [5, 5.41) is 0. The Morgan fingerprint density at radius 3 is 2.41 bits per heavy atom. The van der Waals surface area contributed by atoms with Crippen molar-refractivity contribution in [3.63, 3.8) is 0 Å². The molecule has 1 fully saturated rings. The minimum atomic E-state index is -0.654. The Morgan fingerprint density at radius 2 is 1.72 bits per heavy atom. The van der Waals surface area contributed by atoms with Gasteiger partial charge in [0.2, 0.25) is 11.7 Å². The SMILES string of the molecule is O=C(COC(=O)C1CC(=O)N(c2ccccc2)C1)c1ccc(OC(=O)c2ccco2)cc1. The van der Waals surface area contributed by atoms with Crippen LogP contribution in [0.25, 0.3) is 0 Å². The average molecular weight is 433 g/mol. The van der Waals surface area contributed by atoms with Gasteiger partial charge in [0.25, 0.3) is 0 Å². The maximum Gasteiger partial charge on any atom is 0.379 e. The van der Waals surface area contributed by atoms with Crippen molar-refractivity contribution < 1.29 is 33.1 Å². The van der Waals surface area contributed by atoms with Crippen molar-refractivity contribution in [1.29, 1.82) is 0 Å². The van der Waals surface area contributed by atoms with Gasteiger partial charge in [-0.2, -0.15) is 0 Å². The number of ketones is 1. The molecule has 0 aliphatic carbocycles. The van der Waals surface area contributed by atoms with E-state index in [-0.39, 0.29) is 30.4 Å². The Labute approximate surface area is 183 Å². The first kappa shape index (κ1) is 21.0. The topological polar surface area (TPSA) is 103 Å². The van der Waals surface area contributed by atoms with E-state index in [4.69, 9.17) is 13.9 Å². The molecule has 1 aliphatic rings. The third kappa shape index (κ3) is 4.75. The smallest absolute Gasteiger partial charge is 0.379 e. The third-order valence-corrected chi connectivity index (χ3v) is 4.98. The minimum absolute atomic E-state index is 0.0393. The quantitative estimate of drug-likeness (QED) is 0.320. The molecule has 0 saturated carbocycles. The molecule has 1 unspecified atom stereocenters. The third-order valence-electron chi connectivity index (χ3n) is 4.98. The molecule has 162 valence electrons. The van der Waals surface area contributed by atoms with Gasteiger partial charge in [-0.15, -0.1) is 0 Å². The van der Waals surface area contributed by atoms with Crippen LogP contribution in [0.4, 0.5) is 5.69 Å². The fourth-order valence-corrected chi connectivity index (χ4v) is 3.32. The molecule has 1 aliphatic heterocycles. The van der Waals surface area contributed by atoms with Crippen LogP contribution in [0.1, 0.15) is 27.3 Å². The number of carbonyl (C=O) groups is 4. The van der Waals surface area contributed by atoms with Crippen LogP contribution in [0.5, 0.6) is 5.75 Å². The van der Waals surface area contributed by atoms with Crippen LogP contribution in [-0.4, -0.2) is 36.8 Å². The van der Waals surface area contributed by atoms with Gasteiger partial charge >= 0.3 is 11.9 Å². The molecule has 1 atom stereocenters. The lowest BCUT2D eigenvalue weighted by atomic mass is 10.1. The molecule has 1 amide bonds. The molecular weight excluding hydrogens is 414 g/mol. The summed E-state index contributed by atoms with van der Waals surface area (Å²) >= 11 is 0. The summed E-state index contributed by atoms with van der Waals surface area (Å²) in [6.07, 6.45) is 1.40. The van der Waals surface area contributed by atoms with E-state index in [1.165, 1.54) is 41.5 Å². The molecule has 2 aromatic carbocycles. The maximum atomic E-state index is 12.4. The van der Waals surface area contributed by atoms with Gasteiger partial charge < -0.3 is 18.8 Å². The Morgan fingerprint density at radius 1 is 0.969 bits per heavy atom. The summed E-state index contributed by atoms with van der Waals surface area (Å²) < 4.78 is 15.3. The van der Waals surface area contributed by atoms with Crippen LogP contribution in [-0.2, 0) is 14.3 Å². The second-order valence-corrected chi connectivity index (χ2v) is 7.16. The Kier molecular flexibility index (Phi) is 6.12. The molecule has 8 heteroatoms. The van der Waals surface area contributed by atoms with Gasteiger partial charge in [0.15, 0.2) is 12.4 Å². The summed E-state index contributed by atoms with van der Waals surface area (Å²) in [4.78, 5) is 50.4. The number of ether oxygens (including phenoxy) is 2. The Bertz CT molecular complexity index is 1120. The largest absolute Gasteiger partial charge is 0.457 e. The zero-order chi connectivity index (χ0) is 22.5. The first-order valence-electron chi connectivity index (χ1n) is 9.92. The van der Waals surface area contributed by atoms with Crippen molar-refractivity contribution in [2.75, 3.05) is 18.1 Å². The average Bonchev–Trinajstić information content (AvgIpc) is 3.48. The molecule has 32 heavy (non-hydrogen) atoms. The number of benzene rings is 2. The van der Waals surface area contributed by atoms with E-state index in [1.807, 2.05) is 18.2 Å². The molecule has 1 aromatic heterocycles. The number of hydrogen-bond acceptors (Lipinski definition) is 7. The first-order valence-corrected chi connectivity index (χ1v) is 9.92. The molecule has 1 saturated heterocycles. The second-order valence-electron chi connectivity index (χ2n) is 7.16. The lowest BCUT2D eigenvalue weighted by Gasteiger charge is -2.16. The summed E-state index contributed by atoms with van der Waals surface area (Å²) in [6, 6.07) is 18.0. The van der Waals surface area contributed by atoms with Crippen LogP contribution in [0.2, 0.25) is 0 Å². The number of para-hydroxylation sites is 1. The van der Waals surface area contributed by atoms with Crippen molar-refractivity contribution >= 4 is 29.3 Å². The van der Waals surface area contributed by atoms with Gasteiger partial charge in [0.05, 0.1) is 12.2 Å². The van der Waals surface area contributed by atoms with Gasteiger partial charge in [-0.3, -0.25) is 14.4 Å². The molecule has 3 aromatic rings. The second kappa shape index (κ2) is 9.30. The summed E-state index contributed by atoms with van der Waals surface area (Å²) in [6.45, 7) is -0.230. The van der Waals surface area contributed by atoms with Crippen molar-refractivity contribution in [3.8, 4) is 5.75 Å². The standard InChI is InChI=1S/C24H19NO7/c26-20(16-8-10-19(11-9-16)32-24(29)21-7-4-12-30-21)15-31-23(28)17-13-22(27)25(14-17)18-5-2-1-3-6-18/h1-12,17H,13-15H2. The van der Waals surface area contributed by atoms with Gasteiger partial charge in [0.1, 0.15) is 5.75 Å². The van der Waals surface area contributed by atoms with Gasteiger partial charge in [-0.05, 0) is 48.5 Å². The van der Waals surface area contributed by atoms with E-state index >= 15 is 0 Å². The van der Waals surface area contributed by atoms with Gasteiger partial charge in [0, 0.05) is 24.2 Å². The van der Waals surface area contributed by atoms with Crippen molar-refractivity contribution in [1.82, 2.24) is 0 Å². The molecule has 0 N–H and O–H groups in total. The van der Waals surface area contributed by atoms with Crippen LogP contribution < -0.4 is 9.64 Å². The highest BCUT2D eigenvalue weighted by atomic mass is 16.5. The first-order chi connectivity index (χ1) is 15.5. The highest BCUT2D eigenvalue weighted by Gasteiger charge is 2.36. The predicted octanol–water partition coefficient (Wildman–Crippen LogP) is 3.28. The number of Topliss-reactive ketones (excluding diaryl/α,β-unsaturated/α-hetero) is 1. The Balaban J connectivity index is 1.28. The fourth-order valence-electron chi connectivity index (χ4n) is 3.32. The molecule has 0 bridgehead atoms.